The quantitative estimate of drug-likeness (QED) is 0.701. The van der Waals surface area contributed by atoms with Crippen molar-refractivity contribution < 1.29 is 26.6 Å². The van der Waals surface area contributed by atoms with Crippen LogP contribution in [0.15, 0.2) is 28.7 Å². The number of carbonyl (C=O) groups excluding carboxylic acids is 1. The van der Waals surface area contributed by atoms with Gasteiger partial charge in [-0.25, -0.2) is 4.79 Å². The van der Waals surface area contributed by atoms with Crippen LogP contribution < -0.4 is 0 Å². The Morgan fingerprint density at radius 3 is 2.35 bits per heavy atom. The molecule has 2 fully saturated rings. The van der Waals surface area contributed by atoms with E-state index in [2.05, 4.69) is 10.2 Å². The fourth-order valence-electron chi connectivity index (χ4n) is 3.98. The third-order valence-corrected chi connectivity index (χ3v) is 6.96. The Hall–Kier alpha value is -2.43. The van der Waals surface area contributed by atoms with Gasteiger partial charge in [0.25, 0.3) is 0 Å². The fraction of sp³-hybridized carbons (Fsp3) is 0.550. The lowest BCUT2D eigenvalue weighted by atomic mass is 10.1. The number of benzene rings is 1. The topological polar surface area (TPSA) is 79.5 Å². The molecule has 168 valence electrons. The van der Waals surface area contributed by atoms with E-state index in [-0.39, 0.29) is 18.0 Å². The number of alkyl halides is 3. The second kappa shape index (κ2) is 8.97. The van der Waals surface area contributed by atoms with Gasteiger partial charge in [0.2, 0.25) is 5.89 Å². The fourth-order valence-corrected chi connectivity index (χ4v) is 5.04. The lowest BCUT2D eigenvalue weighted by molar-refractivity contribution is -0.156. The van der Waals surface area contributed by atoms with Crippen molar-refractivity contribution in [2.24, 2.45) is 0 Å². The molecule has 1 aromatic heterocycles. The zero-order chi connectivity index (χ0) is 22.0. The summed E-state index contributed by atoms with van der Waals surface area (Å²) in [7, 11) is -0.858. The first kappa shape index (κ1) is 21.8. The number of hydrogen-bond acceptors (Lipinski definition) is 5. The molecule has 31 heavy (non-hydrogen) atoms. The smallest absolute Gasteiger partial charge is 0.413 e. The molecule has 0 radical (unpaired) electrons. The largest absolute Gasteiger partial charge is 0.470 e. The van der Waals surface area contributed by atoms with Crippen LogP contribution in [0.3, 0.4) is 0 Å². The van der Waals surface area contributed by atoms with E-state index in [4.69, 9.17) is 4.42 Å². The first-order valence-corrected chi connectivity index (χ1v) is 11.7. The lowest BCUT2D eigenvalue weighted by Crippen LogP contribution is -2.51. The molecule has 2 aliphatic rings. The van der Waals surface area contributed by atoms with Crippen LogP contribution in [0.2, 0.25) is 0 Å². The Morgan fingerprint density at radius 2 is 1.77 bits per heavy atom. The van der Waals surface area contributed by atoms with E-state index in [0.29, 0.717) is 36.7 Å². The van der Waals surface area contributed by atoms with Crippen molar-refractivity contribution in [2.45, 2.75) is 44.4 Å². The first-order chi connectivity index (χ1) is 14.8. The highest BCUT2D eigenvalue weighted by Gasteiger charge is 2.38. The average molecular weight is 456 g/mol. The minimum absolute atomic E-state index is 0.0422. The maximum atomic E-state index is 13.2. The molecular formula is C20H23F3N4O3S. The third kappa shape index (κ3) is 5.08. The molecule has 2 aromatic rings. The molecule has 0 atom stereocenters. The summed E-state index contributed by atoms with van der Waals surface area (Å²) in [5.74, 6) is -0.581. The van der Waals surface area contributed by atoms with Gasteiger partial charge < -0.3 is 14.2 Å². The highest BCUT2D eigenvalue weighted by atomic mass is 32.2. The van der Waals surface area contributed by atoms with Crippen molar-refractivity contribution in [2.75, 3.05) is 24.6 Å². The normalized spacial score (nSPS) is 18.5. The second-order valence-electron chi connectivity index (χ2n) is 7.79. The van der Waals surface area contributed by atoms with E-state index in [9.17, 15) is 22.2 Å². The monoisotopic (exact) mass is 456 g/mol. The van der Waals surface area contributed by atoms with E-state index < -0.39 is 22.9 Å². The summed E-state index contributed by atoms with van der Waals surface area (Å²) in [6.07, 6.45) is -0.627. The van der Waals surface area contributed by atoms with Gasteiger partial charge in [0.15, 0.2) is 0 Å². The van der Waals surface area contributed by atoms with E-state index in [1.165, 1.54) is 0 Å². The zero-order valence-corrected chi connectivity index (χ0v) is 17.6. The molecular weight excluding hydrogens is 433 g/mol. The van der Waals surface area contributed by atoms with Crippen LogP contribution in [-0.4, -0.2) is 60.9 Å². The van der Waals surface area contributed by atoms with Crippen molar-refractivity contribution in [1.82, 2.24) is 20.0 Å². The van der Waals surface area contributed by atoms with Gasteiger partial charge in [-0.15, -0.1) is 10.2 Å². The van der Waals surface area contributed by atoms with Crippen LogP contribution in [-0.2, 0) is 23.5 Å². The molecule has 0 unspecified atom stereocenters. The number of rotatable bonds is 4. The molecule has 0 bridgehead atoms. The summed E-state index contributed by atoms with van der Waals surface area (Å²) in [5.41, 5.74) is 1.24. The van der Waals surface area contributed by atoms with Crippen LogP contribution in [0.25, 0.3) is 11.5 Å². The highest BCUT2D eigenvalue weighted by molar-refractivity contribution is 7.85. The molecule has 1 aliphatic carbocycles. The zero-order valence-electron chi connectivity index (χ0n) is 16.8. The van der Waals surface area contributed by atoms with Crippen LogP contribution in [0.1, 0.15) is 37.1 Å². The van der Waals surface area contributed by atoms with Crippen molar-refractivity contribution in [3.63, 3.8) is 0 Å². The molecule has 1 aliphatic heterocycles. The number of carbonyl (C=O) groups is 1. The maximum absolute atomic E-state index is 13.2. The van der Waals surface area contributed by atoms with Crippen molar-refractivity contribution in [3.8, 4) is 11.5 Å². The molecule has 1 aromatic carbocycles. The molecule has 1 saturated heterocycles. The Labute approximate surface area is 180 Å². The molecule has 1 saturated carbocycles. The Kier molecular flexibility index (Phi) is 6.31. The van der Waals surface area contributed by atoms with Gasteiger partial charge in [0.05, 0.1) is 0 Å². The van der Waals surface area contributed by atoms with Crippen molar-refractivity contribution in [1.29, 1.82) is 0 Å². The van der Waals surface area contributed by atoms with E-state index >= 15 is 0 Å². The number of nitrogens with zero attached hydrogens (tertiary/aromatic N) is 4. The first-order valence-electron chi connectivity index (χ1n) is 10.2. The van der Waals surface area contributed by atoms with Gasteiger partial charge in [-0.3, -0.25) is 4.21 Å². The molecule has 2 heterocycles. The molecule has 0 spiro atoms. The number of hydrogen-bond donors (Lipinski definition) is 0. The minimum atomic E-state index is -4.69. The number of aromatic nitrogens is 2. The number of amides is 2. The lowest BCUT2D eigenvalue weighted by Gasteiger charge is -2.36. The number of urea groups is 1. The van der Waals surface area contributed by atoms with Crippen LogP contribution in [0.5, 0.6) is 0 Å². The van der Waals surface area contributed by atoms with Gasteiger partial charge in [-0.2, -0.15) is 13.2 Å². The third-order valence-electron chi connectivity index (χ3n) is 5.68. The van der Waals surface area contributed by atoms with Gasteiger partial charge in [-0.05, 0) is 30.5 Å². The average Bonchev–Trinajstić information content (AvgIpc) is 3.45. The SMILES string of the molecule is O=C(N1CCS(=O)CC1)N(Cc1ccc(-c2nnc(C(F)(F)F)o2)cc1)C1CCCC1. The van der Waals surface area contributed by atoms with E-state index in [0.717, 1.165) is 31.2 Å². The summed E-state index contributed by atoms with van der Waals surface area (Å²) in [6.45, 7) is 1.39. The number of halogens is 3. The van der Waals surface area contributed by atoms with Gasteiger partial charge in [-0.1, -0.05) is 25.0 Å². The molecule has 4 rings (SSSR count). The van der Waals surface area contributed by atoms with Gasteiger partial charge >= 0.3 is 18.1 Å². The van der Waals surface area contributed by atoms with E-state index in [1.54, 1.807) is 29.2 Å². The predicted molar refractivity (Wildman–Crippen MR) is 107 cm³/mol. The predicted octanol–water partition coefficient (Wildman–Crippen LogP) is 3.68. The molecule has 2 amide bonds. The summed E-state index contributed by atoms with van der Waals surface area (Å²) in [5, 5.41) is 6.51. The summed E-state index contributed by atoms with van der Waals surface area (Å²) >= 11 is 0. The molecule has 0 N–H and O–H groups in total. The molecule has 7 nitrogen and oxygen atoms in total. The van der Waals surface area contributed by atoms with Crippen LogP contribution in [0.4, 0.5) is 18.0 Å². The maximum Gasteiger partial charge on any atom is 0.470 e. The van der Waals surface area contributed by atoms with Crippen LogP contribution in [0, 0.1) is 0 Å². The Morgan fingerprint density at radius 1 is 1.13 bits per heavy atom. The summed E-state index contributed by atoms with van der Waals surface area (Å²) < 4.78 is 54.4. The van der Waals surface area contributed by atoms with Crippen molar-refractivity contribution in [3.05, 3.63) is 35.7 Å². The van der Waals surface area contributed by atoms with Gasteiger partial charge in [0.1, 0.15) is 0 Å². The van der Waals surface area contributed by atoms with E-state index in [1.807, 2.05) is 4.90 Å². The second-order valence-corrected chi connectivity index (χ2v) is 9.49. The highest BCUT2D eigenvalue weighted by Crippen LogP contribution is 2.31. The van der Waals surface area contributed by atoms with Gasteiger partial charge in [0, 0.05) is 53.5 Å². The summed E-state index contributed by atoms with van der Waals surface area (Å²) in [6, 6.07) is 6.86. The Bertz CT molecular complexity index is 932. The summed E-state index contributed by atoms with van der Waals surface area (Å²) in [4.78, 5) is 16.8. The minimum Gasteiger partial charge on any atom is -0.413 e. The molecule has 11 heteroatoms. The Balaban J connectivity index is 1.48. The standard InChI is InChI=1S/C20H23F3N4O3S/c21-20(22,23)18-25-24-17(30-18)15-7-5-14(6-8-15)13-27(16-3-1-2-4-16)19(28)26-9-11-31(29)12-10-26/h5-8,16H,1-4,9-13H2. The van der Waals surface area contributed by atoms with Crippen molar-refractivity contribution >= 4 is 16.8 Å². The van der Waals surface area contributed by atoms with Crippen LogP contribution >= 0.6 is 0 Å².